The van der Waals surface area contributed by atoms with Crippen LogP contribution in [0.5, 0.6) is 11.5 Å². The fraction of sp³-hybridized carbons (Fsp3) is 0.300. The summed E-state index contributed by atoms with van der Waals surface area (Å²) in [7, 11) is 0. The minimum Gasteiger partial charge on any atom is -0.455 e. The van der Waals surface area contributed by atoms with E-state index in [4.69, 9.17) is 10.00 Å². The van der Waals surface area contributed by atoms with Crippen molar-refractivity contribution in [3.63, 3.8) is 0 Å². The van der Waals surface area contributed by atoms with Crippen molar-refractivity contribution >= 4 is 11.6 Å². The Morgan fingerprint density at radius 2 is 1.89 bits per heavy atom. The summed E-state index contributed by atoms with van der Waals surface area (Å²) < 4.78 is 45.0. The van der Waals surface area contributed by atoms with Crippen LogP contribution in [0.15, 0.2) is 36.4 Å². The Hall–Kier alpha value is -3.01. The molecule has 2 rings (SSSR count). The van der Waals surface area contributed by atoms with Gasteiger partial charge in [0.15, 0.2) is 5.75 Å². The van der Waals surface area contributed by atoms with Gasteiger partial charge in [-0.15, -0.1) is 0 Å². The zero-order valence-corrected chi connectivity index (χ0v) is 15.1. The van der Waals surface area contributed by atoms with Crippen molar-refractivity contribution in [3.8, 4) is 17.6 Å². The number of alkyl halides is 3. The van der Waals surface area contributed by atoms with Crippen molar-refractivity contribution in [2.75, 3.05) is 5.32 Å². The molecule has 1 amide bonds. The van der Waals surface area contributed by atoms with Gasteiger partial charge in [-0.2, -0.15) is 18.4 Å². The Kier molecular flexibility index (Phi) is 6.11. The molecule has 142 valence electrons. The lowest BCUT2D eigenvalue weighted by Crippen LogP contribution is -2.13. The number of anilines is 1. The second kappa shape index (κ2) is 8.12. The number of ether oxygens (including phenoxy) is 1. The van der Waals surface area contributed by atoms with Gasteiger partial charge in [-0.1, -0.05) is 26.0 Å². The first-order chi connectivity index (χ1) is 12.6. The molecule has 0 unspecified atom stereocenters. The molecule has 0 radical (unpaired) electrons. The molecule has 0 aliphatic rings. The van der Waals surface area contributed by atoms with Gasteiger partial charge < -0.3 is 10.1 Å². The number of halogens is 3. The summed E-state index contributed by atoms with van der Waals surface area (Å²) in [6, 6.07) is 10.1. The molecule has 0 heterocycles. The SMILES string of the molecule is Cc1ccc(C(C)C)c(Oc2ccc(C(F)(F)F)cc2NC(=O)CC#N)c1. The fourth-order valence-electron chi connectivity index (χ4n) is 2.48. The maximum absolute atomic E-state index is 13.0. The minimum absolute atomic E-state index is 0.0711. The molecule has 4 nitrogen and oxygen atoms in total. The van der Waals surface area contributed by atoms with Gasteiger partial charge in [0, 0.05) is 0 Å². The maximum atomic E-state index is 13.0. The number of nitrogens with zero attached hydrogens (tertiary/aromatic N) is 1. The normalized spacial score (nSPS) is 11.2. The second-order valence-corrected chi connectivity index (χ2v) is 6.39. The van der Waals surface area contributed by atoms with Gasteiger partial charge in [0.25, 0.3) is 0 Å². The standard InChI is InChI=1S/C20H19F3N2O2/c1-12(2)15-6-4-13(3)10-18(15)27-17-7-5-14(20(21,22)23)11-16(17)25-19(26)8-9-24/h4-7,10-12H,8H2,1-3H3,(H,25,26). The van der Waals surface area contributed by atoms with Crippen LogP contribution in [0.2, 0.25) is 0 Å². The van der Waals surface area contributed by atoms with Crippen LogP contribution < -0.4 is 10.1 Å². The quantitative estimate of drug-likeness (QED) is 0.719. The molecule has 0 atom stereocenters. The van der Waals surface area contributed by atoms with E-state index in [0.717, 1.165) is 29.3 Å². The van der Waals surface area contributed by atoms with Crippen LogP contribution in [0.3, 0.4) is 0 Å². The molecule has 0 saturated carbocycles. The minimum atomic E-state index is -4.57. The molecule has 2 aromatic rings. The number of nitrogens with one attached hydrogen (secondary N) is 1. The molecule has 27 heavy (non-hydrogen) atoms. The van der Waals surface area contributed by atoms with E-state index >= 15 is 0 Å². The Morgan fingerprint density at radius 3 is 2.48 bits per heavy atom. The predicted molar refractivity (Wildman–Crippen MR) is 95.6 cm³/mol. The van der Waals surface area contributed by atoms with Crippen molar-refractivity contribution in [2.24, 2.45) is 0 Å². The average molecular weight is 376 g/mol. The van der Waals surface area contributed by atoms with Gasteiger partial charge in [0.05, 0.1) is 17.3 Å². The second-order valence-electron chi connectivity index (χ2n) is 6.39. The third-order valence-corrected chi connectivity index (χ3v) is 3.83. The summed E-state index contributed by atoms with van der Waals surface area (Å²) >= 11 is 0. The van der Waals surface area contributed by atoms with Gasteiger partial charge >= 0.3 is 6.18 Å². The fourth-order valence-corrected chi connectivity index (χ4v) is 2.48. The first-order valence-electron chi connectivity index (χ1n) is 8.28. The van der Waals surface area contributed by atoms with E-state index in [2.05, 4.69) is 5.32 Å². The number of hydrogen-bond donors (Lipinski definition) is 1. The number of aryl methyl sites for hydroxylation is 1. The molecule has 1 N–H and O–H groups in total. The van der Waals surface area contributed by atoms with E-state index in [1.54, 1.807) is 12.1 Å². The number of amides is 1. The third-order valence-electron chi connectivity index (χ3n) is 3.83. The Balaban J connectivity index is 2.48. The van der Waals surface area contributed by atoms with Crippen molar-refractivity contribution in [2.45, 2.75) is 39.3 Å². The van der Waals surface area contributed by atoms with Gasteiger partial charge in [-0.3, -0.25) is 4.79 Å². The third kappa shape index (κ3) is 5.23. The molecular formula is C20H19F3N2O2. The molecule has 0 aromatic heterocycles. The molecule has 0 aliphatic heterocycles. The van der Waals surface area contributed by atoms with E-state index in [0.29, 0.717) is 5.75 Å². The summed E-state index contributed by atoms with van der Waals surface area (Å²) in [5.41, 5.74) is 0.753. The highest BCUT2D eigenvalue weighted by Crippen LogP contribution is 2.39. The van der Waals surface area contributed by atoms with Crippen LogP contribution in [0.1, 0.15) is 42.9 Å². The van der Waals surface area contributed by atoms with Crippen LogP contribution in [0.4, 0.5) is 18.9 Å². The van der Waals surface area contributed by atoms with E-state index in [9.17, 15) is 18.0 Å². The Bertz CT molecular complexity index is 884. The molecular weight excluding hydrogens is 357 g/mol. The molecule has 0 spiro atoms. The van der Waals surface area contributed by atoms with E-state index in [1.165, 1.54) is 0 Å². The van der Waals surface area contributed by atoms with Crippen molar-refractivity contribution in [1.82, 2.24) is 0 Å². The average Bonchev–Trinajstić information content (AvgIpc) is 2.55. The van der Waals surface area contributed by atoms with E-state index in [1.807, 2.05) is 32.9 Å². The number of carbonyl (C=O) groups excluding carboxylic acids is 1. The lowest BCUT2D eigenvalue weighted by atomic mass is 10.0. The highest BCUT2D eigenvalue weighted by molar-refractivity contribution is 5.93. The molecule has 0 saturated heterocycles. The molecule has 0 fully saturated rings. The van der Waals surface area contributed by atoms with Crippen LogP contribution in [-0.4, -0.2) is 5.91 Å². The highest BCUT2D eigenvalue weighted by Gasteiger charge is 2.31. The number of rotatable bonds is 5. The molecule has 2 aromatic carbocycles. The highest BCUT2D eigenvalue weighted by atomic mass is 19.4. The monoisotopic (exact) mass is 376 g/mol. The topological polar surface area (TPSA) is 62.1 Å². The number of hydrogen-bond acceptors (Lipinski definition) is 3. The first kappa shape index (κ1) is 20.3. The Morgan fingerprint density at radius 1 is 1.19 bits per heavy atom. The lowest BCUT2D eigenvalue weighted by molar-refractivity contribution is -0.137. The van der Waals surface area contributed by atoms with Crippen molar-refractivity contribution in [3.05, 3.63) is 53.1 Å². The number of carbonyl (C=O) groups is 1. The molecule has 0 bridgehead atoms. The summed E-state index contributed by atoms with van der Waals surface area (Å²) in [6.45, 7) is 5.82. The van der Waals surface area contributed by atoms with Crippen LogP contribution in [-0.2, 0) is 11.0 Å². The van der Waals surface area contributed by atoms with Crippen LogP contribution in [0.25, 0.3) is 0 Å². The zero-order valence-electron chi connectivity index (χ0n) is 15.1. The lowest BCUT2D eigenvalue weighted by Gasteiger charge is -2.18. The maximum Gasteiger partial charge on any atom is 0.416 e. The summed E-state index contributed by atoms with van der Waals surface area (Å²) in [5, 5.41) is 10.9. The van der Waals surface area contributed by atoms with Gasteiger partial charge in [0.1, 0.15) is 12.2 Å². The number of nitriles is 1. The van der Waals surface area contributed by atoms with E-state index in [-0.39, 0.29) is 17.4 Å². The van der Waals surface area contributed by atoms with E-state index < -0.39 is 24.1 Å². The summed E-state index contributed by atoms with van der Waals surface area (Å²) in [4.78, 5) is 11.7. The molecule has 7 heteroatoms. The first-order valence-corrected chi connectivity index (χ1v) is 8.28. The van der Waals surface area contributed by atoms with Gasteiger partial charge in [-0.05, 0) is 48.2 Å². The summed E-state index contributed by atoms with van der Waals surface area (Å²) in [5.74, 6) is -0.0102. The largest absolute Gasteiger partial charge is 0.455 e. The summed E-state index contributed by atoms with van der Waals surface area (Å²) in [6.07, 6.45) is -5.04. The van der Waals surface area contributed by atoms with Gasteiger partial charge in [0.2, 0.25) is 5.91 Å². The van der Waals surface area contributed by atoms with Crippen LogP contribution >= 0.6 is 0 Å². The van der Waals surface area contributed by atoms with Crippen molar-refractivity contribution < 1.29 is 22.7 Å². The van der Waals surface area contributed by atoms with Crippen molar-refractivity contribution in [1.29, 1.82) is 5.26 Å². The Labute approximate surface area is 155 Å². The molecule has 0 aliphatic carbocycles. The van der Waals surface area contributed by atoms with Gasteiger partial charge in [-0.25, -0.2) is 0 Å². The smallest absolute Gasteiger partial charge is 0.416 e. The predicted octanol–water partition coefficient (Wildman–Crippen LogP) is 5.78. The zero-order chi connectivity index (χ0) is 20.2. The number of benzene rings is 2. The van der Waals surface area contributed by atoms with Crippen LogP contribution in [0, 0.1) is 18.3 Å².